The van der Waals surface area contributed by atoms with Gasteiger partial charge in [0.15, 0.2) is 0 Å². The first-order chi connectivity index (χ1) is 10.1. The molecule has 0 saturated carbocycles. The molecule has 1 aliphatic rings. The van der Waals surface area contributed by atoms with Crippen molar-refractivity contribution in [3.8, 4) is 0 Å². The van der Waals surface area contributed by atoms with Gasteiger partial charge in [0, 0.05) is 19.0 Å². The summed E-state index contributed by atoms with van der Waals surface area (Å²) in [6.45, 7) is 3.90. The van der Waals surface area contributed by atoms with Gasteiger partial charge >= 0.3 is 0 Å². The SMILES string of the molecule is CC(CCc1ccccc1F)C(=O)N(C)C1CCNCC1. The van der Waals surface area contributed by atoms with Crippen LogP contribution in [0.4, 0.5) is 4.39 Å². The van der Waals surface area contributed by atoms with Gasteiger partial charge in [-0.2, -0.15) is 0 Å². The minimum absolute atomic E-state index is 0.0653. The summed E-state index contributed by atoms with van der Waals surface area (Å²) in [6.07, 6.45) is 3.33. The second-order valence-corrected chi connectivity index (χ2v) is 5.96. The van der Waals surface area contributed by atoms with Crippen LogP contribution in [-0.2, 0) is 11.2 Å². The molecular formula is C17H25FN2O. The van der Waals surface area contributed by atoms with Crippen molar-refractivity contribution >= 4 is 5.91 Å². The van der Waals surface area contributed by atoms with Gasteiger partial charge in [0.25, 0.3) is 0 Å². The molecule has 21 heavy (non-hydrogen) atoms. The Morgan fingerprint density at radius 3 is 2.71 bits per heavy atom. The smallest absolute Gasteiger partial charge is 0.225 e. The topological polar surface area (TPSA) is 32.3 Å². The minimum Gasteiger partial charge on any atom is -0.342 e. The molecule has 0 radical (unpaired) electrons. The molecule has 1 aliphatic heterocycles. The molecule has 1 atom stereocenters. The van der Waals surface area contributed by atoms with Gasteiger partial charge < -0.3 is 10.2 Å². The van der Waals surface area contributed by atoms with Crippen LogP contribution in [0.5, 0.6) is 0 Å². The number of nitrogens with one attached hydrogen (secondary N) is 1. The summed E-state index contributed by atoms with van der Waals surface area (Å²) in [6, 6.07) is 7.14. The molecular weight excluding hydrogens is 267 g/mol. The number of hydrogen-bond acceptors (Lipinski definition) is 2. The van der Waals surface area contributed by atoms with Crippen molar-refractivity contribution in [2.45, 2.75) is 38.6 Å². The maximum atomic E-state index is 13.6. The minimum atomic E-state index is -0.177. The Bertz CT molecular complexity index is 472. The largest absolute Gasteiger partial charge is 0.342 e. The number of benzene rings is 1. The van der Waals surface area contributed by atoms with E-state index in [2.05, 4.69) is 5.32 Å². The third-order valence-corrected chi connectivity index (χ3v) is 4.43. The molecule has 0 spiro atoms. The lowest BCUT2D eigenvalue weighted by Gasteiger charge is -2.33. The van der Waals surface area contributed by atoms with Crippen molar-refractivity contribution in [1.29, 1.82) is 0 Å². The Labute approximate surface area is 126 Å². The molecule has 0 aliphatic carbocycles. The zero-order chi connectivity index (χ0) is 15.2. The fourth-order valence-electron chi connectivity index (χ4n) is 2.92. The van der Waals surface area contributed by atoms with Crippen LogP contribution in [0.1, 0.15) is 31.7 Å². The lowest BCUT2D eigenvalue weighted by Crippen LogP contribution is -2.45. The maximum absolute atomic E-state index is 13.6. The van der Waals surface area contributed by atoms with Gasteiger partial charge in [-0.15, -0.1) is 0 Å². The summed E-state index contributed by atoms with van der Waals surface area (Å²) in [5.74, 6) is -0.0633. The molecule has 1 fully saturated rings. The highest BCUT2D eigenvalue weighted by atomic mass is 19.1. The van der Waals surface area contributed by atoms with Gasteiger partial charge in [-0.25, -0.2) is 4.39 Å². The van der Waals surface area contributed by atoms with Crippen molar-refractivity contribution < 1.29 is 9.18 Å². The molecule has 1 amide bonds. The molecule has 4 heteroatoms. The zero-order valence-electron chi connectivity index (χ0n) is 12.9. The quantitative estimate of drug-likeness (QED) is 0.905. The molecule has 0 aromatic heterocycles. The second-order valence-electron chi connectivity index (χ2n) is 5.96. The van der Waals surface area contributed by atoms with Crippen molar-refractivity contribution in [1.82, 2.24) is 10.2 Å². The maximum Gasteiger partial charge on any atom is 0.225 e. The van der Waals surface area contributed by atoms with Crippen molar-refractivity contribution in [2.75, 3.05) is 20.1 Å². The average Bonchev–Trinajstić information content (AvgIpc) is 2.53. The van der Waals surface area contributed by atoms with Gasteiger partial charge in [-0.1, -0.05) is 25.1 Å². The number of carbonyl (C=O) groups excluding carboxylic acids is 1. The average molecular weight is 292 g/mol. The summed E-state index contributed by atoms with van der Waals surface area (Å²) in [5.41, 5.74) is 0.696. The summed E-state index contributed by atoms with van der Waals surface area (Å²) >= 11 is 0. The predicted molar refractivity (Wildman–Crippen MR) is 82.5 cm³/mol. The highest BCUT2D eigenvalue weighted by Crippen LogP contribution is 2.18. The Morgan fingerprint density at radius 1 is 1.38 bits per heavy atom. The summed E-state index contributed by atoms with van der Waals surface area (Å²) in [4.78, 5) is 14.4. The molecule has 1 N–H and O–H groups in total. The van der Waals surface area contributed by atoms with E-state index in [0.717, 1.165) is 25.9 Å². The fraction of sp³-hybridized carbons (Fsp3) is 0.588. The van der Waals surface area contributed by atoms with E-state index in [4.69, 9.17) is 0 Å². The third-order valence-electron chi connectivity index (χ3n) is 4.43. The number of amides is 1. The standard InChI is InChI=1S/C17H25FN2O/c1-13(7-8-14-5-3-4-6-16(14)18)17(21)20(2)15-9-11-19-12-10-15/h3-6,13,15,19H,7-12H2,1-2H3. The van der Waals surface area contributed by atoms with E-state index in [-0.39, 0.29) is 17.6 Å². The van der Waals surface area contributed by atoms with E-state index >= 15 is 0 Å². The summed E-state index contributed by atoms with van der Waals surface area (Å²) in [7, 11) is 1.90. The molecule has 2 rings (SSSR count). The molecule has 116 valence electrons. The van der Waals surface area contributed by atoms with E-state index in [0.29, 0.717) is 24.4 Å². The van der Waals surface area contributed by atoms with Crippen LogP contribution in [-0.4, -0.2) is 37.0 Å². The van der Waals surface area contributed by atoms with E-state index in [1.807, 2.05) is 24.9 Å². The number of hydrogen-bond donors (Lipinski definition) is 1. The normalized spacial score (nSPS) is 17.5. The van der Waals surface area contributed by atoms with Gasteiger partial charge in [0.2, 0.25) is 5.91 Å². The number of carbonyl (C=O) groups is 1. The third kappa shape index (κ3) is 4.27. The van der Waals surface area contributed by atoms with E-state index < -0.39 is 0 Å². The number of piperidine rings is 1. The summed E-state index contributed by atoms with van der Waals surface area (Å²) < 4.78 is 13.6. The second kappa shape index (κ2) is 7.55. The fourth-order valence-corrected chi connectivity index (χ4v) is 2.92. The van der Waals surface area contributed by atoms with Crippen molar-refractivity contribution in [3.63, 3.8) is 0 Å². The number of rotatable bonds is 5. The van der Waals surface area contributed by atoms with Crippen LogP contribution in [0.25, 0.3) is 0 Å². The van der Waals surface area contributed by atoms with Gasteiger partial charge in [0.1, 0.15) is 5.82 Å². The van der Waals surface area contributed by atoms with Gasteiger partial charge in [-0.3, -0.25) is 4.79 Å². The van der Waals surface area contributed by atoms with Crippen molar-refractivity contribution in [3.05, 3.63) is 35.6 Å². The first kappa shape index (κ1) is 16.0. The number of aryl methyl sites for hydroxylation is 1. The van der Waals surface area contributed by atoms with Crippen LogP contribution in [0.2, 0.25) is 0 Å². The predicted octanol–water partition coefficient (Wildman–Crippen LogP) is 2.60. The number of halogens is 1. The van der Waals surface area contributed by atoms with Crippen molar-refractivity contribution in [2.24, 2.45) is 5.92 Å². The Morgan fingerprint density at radius 2 is 2.05 bits per heavy atom. The van der Waals surface area contributed by atoms with E-state index in [1.165, 1.54) is 6.07 Å². The van der Waals surface area contributed by atoms with Crippen LogP contribution in [0.15, 0.2) is 24.3 Å². The van der Waals surface area contributed by atoms with E-state index in [1.54, 1.807) is 12.1 Å². The Kier molecular flexibility index (Phi) is 5.74. The highest BCUT2D eigenvalue weighted by molar-refractivity contribution is 5.78. The molecule has 1 aromatic carbocycles. The molecule has 1 unspecified atom stereocenters. The van der Waals surface area contributed by atoms with Gasteiger partial charge in [0.05, 0.1) is 0 Å². The van der Waals surface area contributed by atoms with E-state index in [9.17, 15) is 9.18 Å². The number of nitrogens with zero attached hydrogens (tertiary/aromatic N) is 1. The monoisotopic (exact) mass is 292 g/mol. The van der Waals surface area contributed by atoms with Gasteiger partial charge in [-0.05, 0) is 50.4 Å². The molecule has 0 bridgehead atoms. The highest BCUT2D eigenvalue weighted by Gasteiger charge is 2.25. The lowest BCUT2D eigenvalue weighted by molar-refractivity contribution is -0.136. The van der Waals surface area contributed by atoms with Crippen LogP contribution >= 0.6 is 0 Å². The first-order valence-corrected chi connectivity index (χ1v) is 7.80. The first-order valence-electron chi connectivity index (χ1n) is 7.80. The summed E-state index contributed by atoms with van der Waals surface area (Å²) in [5, 5.41) is 3.31. The zero-order valence-corrected chi connectivity index (χ0v) is 12.9. The molecule has 1 saturated heterocycles. The van der Waals surface area contributed by atoms with Crippen LogP contribution < -0.4 is 5.32 Å². The molecule has 3 nitrogen and oxygen atoms in total. The van der Waals surface area contributed by atoms with Crippen LogP contribution in [0, 0.1) is 11.7 Å². The Hall–Kier alpha value is -1.42. The molecule has 1 aromatic rings. The lowest BCUT2D eigenvalue weighted by atomic mass is 9.97. The Balaban J connectivity index is 1.85. The molecule has 1 heterocycles. The van der Waals surface area contributed by atoms with Crippen LogP contribution in [0.3, 0.4) is 0 Å².